The van der Waals surface area contributed by atoms with Gasteiger partial charge in [-0.2, -0.15) is 4.99 Å². The van der Waals surface area contributed by atoms with E-state index in [1.165, 1.54) is 5.57 Å². The van der Waals surface area contributed by atoms with Crippen molar-refractivity contribution in [3.63, 3.8) is 0 Å². The fraction of sp³-hybridized carbons (Fsp3) is 0.647. The maximum atomic E-state index is 10.3. The van der Waals surface area contributed by atoms with E-state index in [1.807, 2.05) is 6.08 Å². The number of aliphatic imine (C=N–C) groups is 2. The predicted octanol–water partition coefficient (Wildman–Crippen LogP) is 3.85. The lowest BCUT2D eigenvalue weighted by Gasteiger charge is -2.41. The number of hydrogen-bond acceptors (Lipinski definition) is 4. The Kier molecular flexibility index (Phi) is 5.06. The molecule has 0 N–H and O–H groups in total. The van der Waals surface area contributed by atoms with Gasteiger partial charge in [-0.25, -0.2) is 14.6 Å². The second-order valence-electron chi connectivity index (χ2n) is 6.50. The molecule has 4 heteroatoms. The molecule has 2 aliphatic rings. The van der Waals surface area contributed by atoms with Crippen molar-refractivity contribution in [1.82, 2.24) is 0 Å². The molecule has 0 radical (unpaired) electrons. The lowest BCUT2D eigenvalue weighted by Crippen LogP contribution is -2.31. The molecule has 0 aromatic rings. The second-order valence-corrected chi connectivity index (χ2v) is 6.50. The van der Waals surface area contributed by atoms with Gasteiger partial charge in [-0.3, -0.25) is 0 Å². The van der Waals surface area contributed by atoms with Gasteiger partial charge in [0.1, 0.15) is 0 Å². The van der Waals surface area contributed by atoms with Crippen LogP contribution in [-0.4, -0.2) is 18.2 Å². The van der Waals surface area contributed by atoms with Gasteiger partial charge in [0, 0.05) is 0 Å². The molecule has 4 nitrogen and oxygen atoms in total. The van der Waals surface area contributed by atoms with Gasteiger partial charge in [0.15, 0.2) is 0 Å². The minimum atomic E-state index is 0.142. The molecule has 0 bridgehead atoms. The summed E-state index contributed by atoms with van der Waals surface area (Å²) in [5, 5.41) is 0. The highest BCUT2D eigenvalue weighted by atomic mass is 16.1. The van der Waals surface area contributed by atoms with E-state index in [2.05, 4.69) is 29.9 Å². The van der Waals surface area contributed by atoms with Crippen LogP contribution in [0.2, 0.25) is 0 Å². The lowest BCUT2D eigenvalue weighted by atomic mass is 9.65. The summed E-state index contributed by atoms with van der Waals surface area (Å²) in [6.45, 7) is 4.60. The molecule has 2 aliphatic carbocycles. The van der Waals surface area contributed by atoms with Crippen LogP contribution in [0.3, 0.4) is 0 Å². The first kappa shape index (κ1) is 15.6. The number of isocyanates is 2. The Bertz CT molecular complexity index is 539. The van der Waals surface area contributed by atoms with Gasteiger partial charge >= 0.3 is 0 Å². The zero-order chi connectivity index (χ0) is 15.3. The average Bonchev–Trinajstić information content (AvgIpc) is 2.49. The van der Waals surface area contributed by atoms with Crippen LogP contribution in [-0.2, 0) is 9.59 Å². The SMILES string of the molecule is CC(C)(C1=CC=C(N=C=O)CC1)C1CCC(N=C=O)CC1. The van der Waals surface area contributed by atoms with E-state index in [9.17, 15) is 9.59 Å². The zero-order valence-corrected chi connectivity index (χ0v) is 12.8. The van der Waals surface area contributed by atoms with Crippen LogP contribution in [0.1, 0.15) is 52.4 Å². The highest BCUT2D eigenvalue weighted by Gasteiger charge is 2.36. The molecule has 0 atom stereocenters. The zero-order valence-electron chi connectivity index (χ0n) is 12.8. The topological polar surface area (TPSA) is 58.9 Å². The predicted molar refractivity (Wildman–Crippen MR) is 81.2 cm³/mol. The van der Waals surface area contributed by atoms with E-state index in [-0.39, 0.29) is 11.5 Å². The molecule has 112 valence electrons. The Morgan fingerprint density at radius 3 is 2.29 bits per heavy atom. The fourth-order valence-corrected chi connectivity index (χ4v) is 3.58. The van der Waals surface area contributed by atoms with Gasteiger partial charge in [-0.05, 0) is 55.9 Å². The molecule has 1 fully saturated rings. The Balaban J connectivity index is 2.05. The first-order chi connectivity index (χ1) is 10.1. The summed E-state index contributed by atoms with van der Waals surface area (Å²) in [5.74, 6) is 0.617. The highest BCUT2D eigenvalue weighted by Crippen LogP contribution is 2.46. The summed E-state index contributed by atoms with van der Waals surface area (Å²) in [7, 11) is 0. The van der Waals surface area contributed by atoms with Crippen molar-refractivity contribution < 1.29 is 9.59 Å². The van der Waals surface area contributed by atoms with Crippen molar-refractivity contribution in [3.8, 4) is 0 Å². The van der Waals surface area contributed by atoms with Crippen molar-refractivity contribution in [3.05, 3.63) is 23.4 Å². The van der Waals surface area contributed by atoms with Gasteiger partial charge in [-0.15, -0.1) is 0 Å². The molecule has 0 aromatic carbocycles. The summed E-state index contributed by atoms with van der Waals surface area (Å²) in [6, 6.07) is 0.170. The van der Waals surface area contributed by atoms with Crippen LogP contribution in [0, 0.1) is 11.3 Å². The molecule has 21 heavy (non-hydrogen) atoms. The molecule has 0 spiro atoms. The van der Waals surface area contributed by atoms with Crippen LogP contribution < -0.4 is 0 Å². The maximum Gasteiger partial charge on any atom is 0.240 e. The minimum absolute atomic E-state index is 0.142. The Labute approximate surface area is 125 Å². The van der Waals surface area contributed by atoms with Crippen molar-refractivity contribution in [1.29, 1.82) is 0 Å². The van der Waals surface area contributed by atoms with Crippen LogP contribution in [0.5, 0.6) is 0 Å². The third kappa shape index (κ3) is 3.66. The van der Waals surface area contributed by atoms with Crippen molar-refractivity contribution in [2.24, 2.45) is 21.3 Å². The standard InChI is InChI=1S/C17H22N2O2/c1-17(2,13-3-7-15(8-4-13)18-11-20)14-5-9-16(10-6-14)19-12-21/h3,7,14,16H,4-6,8-10H2,1-2H3. The van der Waals surface area contributed by atoms with E-state index < -0.39 is 0 Å². The number of allylic oxidation sites excluding steroid dienone is 4. The summed E-state index contributed by atoms with van der Waals surface area (Å²) in [5.41, 5.74) is 2.38. The third-order valence-electron chi connectivity index (χ3n) is 5.10. The van der Waals surface area contributed by atoms with Crippen LogP contribution in [0.25, 0.3) is 0 Å². The molecule has 1 saturated carbocycles. The number of carbonyl (C=O) groups excluding carboxylic acids is 2. The largest absolute Gasteiger partial charge is 0.240 e. The average molecular weight is 286 g/mol. The number of nitrogens with zero attached hydrogens (tertiary/aromatic N) is 2. The van der Waals surface area contributed by atoms with Gasteiger partial charge < -0.3 is 0 Å². The highest BCUT2D eigenvalue weighted by molar-refractivity contribution is 5.39. The number of hydrogen-bond donors (Lipinski definition) is 0. The smallest absolute Gasteiger partial charge is 0.211 e. The Morgan fingerprint density at radius 2 is 1.76 bits per heavy atom. The van der Waals surface area contributed by atoms with E-state index in [1.54, 1.807) is 12.2 Å². The van der Waals surface area contributed by atoms with E-state index in [0.717, 1.165) is 44.2 Å². The summed E-state index contributed by atoms with van der Waals surface area (Å²) in [4.78, 5) is 28.2. The summed E-state index contributed by atoms with van der Waals surface area (Å²) in [6.07, 6.45) is 13.3. The number of rotatable bonds is 4. The Hall–Kier alpha value is -1.76. The van der Waals surface area contributed by atoms with Gasteiger partial charge in [0.25, 0.3) is 0 Å². The van der Waals surface area contributed by atoms with Crippen LogP contribution in [0.15, 0.2) is 33.4 Å². The minimum Gasteiger partial charge on any atom is -0.211 e. The first-order valence-corrected chi connectivity index (χ1v) is 7.63. The molecule has 0 heterocycles. The van der Waals surface area contributed by atoms with Gasteiger partial charge in [0.05, 0.1) is 11.7 Å². The van der Waals surface area contributed by atoms with Crippen molar-refractivity contribution in [2.45, 2.75) is 58.4 Å². The normalized spacial score (nSPS) is 26.0. The molecule has 0 saturated heterocycles. The van der Waals surface area contributed by atoms with E-state index in [0.29, 0.717) is 5.92 Å². The maximum absolute atomic E-state index is 10.3. The molecule has 0 amide bonds. The van der Waals surface area contributed by atoms with E-state index >= 15 is 0 Å². The van der Waals surface area contributed by atoms with Crippen LogP contribution >= 0.6 is 0 Å². The molecular weight excluding hydrogens is 264 g/mol. The Morgan fingerprint density at radius 1 is 1.05 bits per heavy atom. The summed E-state index contributed by atoms with van der Waals surface area (Å²) < 4.78 is 0. The fourth-order valence-electron chi connectivity index (χ4n) is 3.58. The van der Waals surface area contributed by atoms with Gasteiger partial charge in [-0.1, -0.05) is 25.5 Å². The van der Waals surface area contributed by atoms with E-state index in [4.69, 9.17) is 0 Å². The monoisotopic (exact) mass is 286 g/mol. The lowest BCUT2D eigenvalue weighted by molar-refractivity contribution is 0.182. The van der Waals surface area contributed by atoms with Gasteiger partial charge in [0.2, 0.25) is 12.2 Å². The van der Waals surface area contributed by atoms with Crippen LogP contribution in [0.4, 0.5) is 0 Å². The molecule has 2 rings (SSSR count). The third-order valence-corrected chi connectivity index (χ3v) is 5.10. The second kappa shape index (κ2) is 6.80. The molecular formula is C17H22N2O2. The van der Waals surface area contributed by atoms with Crippen molar-refractivity contribution in [2.75, 3.05) is 0 Å². The molecule has 0 aromatic heterocycles. The molecule has 0 aliphatic heterocycles. The van der Waals surface area contributed by atoms with Crippen molar-refractivity contribution >= 4 is 12.2 Å². The first-order valence-electron chi connectivity index (χ1n) is 7.63. The quantitative estimate of drug-likeness (QED) is 0.582. The molecule has 0 unspecified atom stereocenters. The summed E-state index contributed by atoms with van der Waals surface area (Å²) >= 11 is 0.